The highest BCUT2D eigenvalue weighted by Gasteiger charge is 2.39. The topological polar surface area (TPSA) is 30.0 Å². The van der Waals surface area contributed by atoms with E-state index in [1.54, 1.807) is 0 Å². The average Bonchev–Trinajstić information content (AvgIpc) is 3.35. The maximum atomic E-state index is 12.9. The second-order valence-electron chi connectivity index (χ2n) is 7.52. The molecule has 0 radical (unpaired) electrons. The molecule has 0 aromatic rings. The summed E-state index contributed by atoms with van der Waals surface area (Å²) in [5.41, 5.74) is 0. The molecule has 0 bridgehead atoms. The number of ketones is 1. The molecule has 5 heteroatoms. The summed E-state index contributed by atoms with van der Waals surface area (Å²) in [5, 5.41) is 9.89. The van der Waals surface area contributed by atoms with Gasteiger partial charge in [-0.25, -0.2) is 20.0 Å². The van der Waals surface area contributed by atoms with Crippen molar-refractivity contribution in [2.45, 2.75) is 38.5 Å². The van der Waals surface area contributed by atoms with Gasteiger partial charge in [0.25, 0.3) is 0 Å². The van der Waals surface area contributed by atoms with Gasteiger partial charge in [-0.2, -0.15) is 0 Å². The van der Waals surface area contributed by atoms with Gasteiger partial charge in [0.15, 0.2) is 0 Å². The van der Waals surface area contributed by atoms with Crippen molar-refractivity contribution >= 4 is 5.78 Å². The molecule has 4 fully saturated rings. The molecule has 0 unspecified atom stereocenters. The molecule has 4 rings (SSSR count). The number of rotatable bonds is 4. The summed E-state index contributed by atoms with van der Waals surface area (Å²) >= 11 is 0. The van der Waals surface area contributed by atoms with Crippen LogP contribution in [0.1, 0.15) is 38.5 Å². The van der Waals surface area contributed by atoms with Crippen molar-refractivity contribution in [3.8, 4) is 0 Å². The van der Waals surface area contributed by atoms with Gasteiger partial charge in [0.05, 0.1) is 0 Å². The first-order chi connectivity index (χ1) is 10.8. The highest BCUT2D eigenvalue weighted by atomic mass is 16.1. The van der Waals surface area contributed by atoms with E-state index in [0.29, 0.717) is 17.6 Å². The summed E-state index contributed by atoms with van der Waals surface area (Å²) in [6.45, 7) is 8.97. The summed E-state index contributed by atoms with van der Waals surface area (Å²) in [7, 11) is 0. The van der Waals surface area contributed by atoms with E-state index in [1.165, 1.54) is 51.9 Å². The molecule has 5 nitrogen and oxygen atoms in total. The van der Waals surface area contributed by atoms with Crippen molar-refractivity contribution < 1.29 is 4.79 Å². The predicted octanol–water partition coefficient (Wildman–Crippen LogP) is 1.22. The van der Waals surface area contributed by atoms with E-state index in [9.17, 15) is 4.79 Å². The van der Waals surface area contributed by atoms with E-state index < -0.39 is 0 Å². The lowest BCUT2D eigenvalue weighted by Crippen LogP contribution is -2.41. The molecule has 0 saturated carbocycles. The molecule has 0 aromatic carbocycles. The molecule has 0 aromatic heterocycles. The zero-order chi connectivity index (χ0) is 14.9. The van der Waals surface area contributed by atoms with E-state index in [2.05, 4.69) is 20.0 Å². The zero-order valence-corrected chi connectivity index (χ0v) is 13.8. The highest BCUT2D eigenvalue weighted by molar-refractivity contribution is 5.84. The summed E-state index contributed by atoms with van der Waals surface area (Å²) in [5.74, 6) is 1.15. The van der Waals surface area contributed by atoms with Crippen LogP contribution in [0.3, 0.4) is 0 Å². The highest BCUT2D eigenvalue weighted by Crippen LogP contribution is 2.29. The molecular weight excluding hydrogens is 276 g/mol. The first kappa shape index (κ1) is 15.1. The Labute approximate surface area is 134 Å². The van der Waals surface area contributed by atoms with Crippen molar-refractivity contribution in [2.75, 3.05) is 52.4 Å². The fourth-order valence-electron chi connectivity index (χ4n) is 4.76. The van der Waals surface area contributed by atoms with Gasteiger partial charge in [-0.3, -0.25) is 4.79 Å². The Bertz CT molecular complexity index is 367. The normalized spacial score (nSPS) is 35.8. The first-order valence-corrected chi connectivity index (χ1v) is 9.34. The van der Waals surface area contributed by atoms with E-state index in [-0.39, 0.29) is 0 Å². The first-order valence-electron chi connectivity index (χ1n) is 9.34. The molecule has 2 atom stereocenters. The minimum Gasteiger partial charge on any atom is -0.299 e. The van der Waals surface area contributed by atoms with Gasteiger partial charge in [0, 0.05) is 64.2 Å². The fourth-order valence-corrected chi connectivity index (χ4v) is 4.76. The monoisotopic (exact) mass is 306 g/mol. The van der Waals surface area contributed by atoms with Crippen molar-refractivity contribution in [1.29, 1.82) is 0 Å². The molecule has 124 valence electrons. The van der Waals surface area contributed by atoms with Crippen LogP contribution < -0.4 is 0 Å². The van der Waals surface area contributed by atoms with Crippen molar-refractivity contribution in [2.24, 2.45) is 11.8 Å². The SMILES string of the molecule is O=C([C@H]1CCN(N2CCCC2)C1)[C@H]1CCN(N2CCCC2)C1. The number of Topliss-reactive ketones (excluding diaryl/α,β-unsaturated/α-hetero) is 1. The minimum absolute atomic E-state index is 0.295. The van der Waals surface area contributed by atoms with Gasteiger partial charge >= 0.3 is 0 Å². The van der Waals surface area contributed by atoms with Crippen LogP contribution in [-0.2, 0) is 4.79 Å². The van der Waals surface area contributed by atoms with Crippen LogP contribution in [0.4, 0.5) is 0 Å². The number of hydrogen-bond acceptors (Lipinski definition) is 5. The largest absolute Gasteiger partial charge is 0.299 e. The molecule has 22 heavy (non-hydrogen) atoms. The van der Waals surface area contributed by atoms with Crippen LogP contribution in [0, 0.1) is 11.8 Å². The molecule has 4 saturated heterocycles. The molecule has 0 aliphatic carbocycles. The van der Waals surface area contributed by atoms with Crippen LogP contribution in [-0.4, -0.2) is 78.2 Å². The van der Waals surface area contributed by atoms with E-state index >= 15 is 0 Å². The molecule has 0 amide bonds. The number of nitrogens with zero attached hydrogens (tertiary/aromatic N) is 4. The number of carbonyl (C=O) groups is 1. The van der Waals surface area contributed by atoms with Gasteiger partial charge in [-0.05, 0) is 38.5 Å². The smallest absolute Gasteiger partial charge is 0.141 e. The second-order valence-corrected chi connectivity index (χ2v) is 7.52. The van der Waals surface area contributed by atoms with E-state index in [4.69, 9.17) is 0 Å². The van der Waals surface area contributed by atoms with Gasteiger partial charge in [0.1, 0.15) is 5.78 Å². The third kappa shape index (κ3) is 2.96. The quantitative estimate of drug-likeness (QED) is 0.779. The van der Waals surface area contributed by atoms with Gasteiger partial charge in [-0.15, -0.1) is 0 Å². The Morgan fingerprint density at radius 1 is 0.591 bits per heavy atom. The maximum absolute atomic E-state index is 12.9. The lowest BCUT2D eigenvalue weighted by molar-refractivity contribution is -0.127. The second kappa shape index (κ2) is 6.56. The molecule has 4 aliphatic heterocycles. The summed E-state index contributed by atoms with van der Waals surface area (Å²) in [4.78, 5) is 12.9. The zero-order valence-electron chi connectivity index (χ0n) is 13.8. The third-order valence-electron chi connectivity index (χ3n) is 6.10. The van der Waals surface area contributed by atoms with Gasteiger partial charge < -0.3 is 0 Å². The Hall–Kier alpha value is -0.490. The summed E-state index contributed by atoms with van der Waals surface area (Å²) < 4.78 is 0. The Balaban J connectivity index is 1.29. The van der Waals surface area contributed by atoms with Crippen LogP contribution in [0.25, 0.3) is 0 Å². The van der Waals surface area contributed by atoms with Crippen molar-refractivity contribution in [1.82, 2.24) is 20.0 Å². The van der Waals surface area contributed by atoms with Crippen molar-refractivity contribution in [3.05, 3.63) is 0 Å². The fraction of sp³-hybridized carbons (Fsp3) is 0.941. The number of hydrazine groups is 2. The predicted molar refractivity (Wildman–Crippen MR) is 86.0 cm³/mol. The Kier molecular flexibility index (Phi) is 4.49. The van der Waals surface area contributed by atoms with E-state index in [1.807, 2.05) is 0 Å². The molecule has 0 spiro atoms. The Morgan fingerprint density at radius 2 is 1.00 bits per heavy atom. The van der Waals surface area contributed by atoms with Crippen LogP contribution in [0.5, 0.6) is 0 Å². The van der Waals surface area contributed by atoms with Crippen LogP contribution >= 0.6 is 0 Å². The van der Waals surface area contributed by atoms with Crippen molar-refractivity contribution in [3.63, 3.8) is 0 Å². The van der Waals surface area contributed by atoms with E-state index in [0.717, 1.165) is 39.0 Å². The Morgan fingerprint density at radius 3 is 1.41 bits per heavy atom. The summed E-state index contributed by atoms with van der Waals surface area (Å²) in [6, 6.07) is 0. The lowest BCUT2D eigenvalue weighted by Gasteiger charge is -2.28. The molecular formula is C17H30N4O. The summed E-state index contributed by atoms with van der Waals surface area (Å²) in [6.07, 6.45) is 7.45. The lowest BCUT2D eigenvalue weighted by atomic mass is 9.91. The van der Waals surface area contributed by atoms with Gasteiger partial charge in [0.2, 0.25) is 0 Å². The standard InChI is InChI=1S/C17H30N4O/c22-17(15-5-11-20(13-15)18-7-1-2-8-18)16-6-12-21(14-16)19-9-3-4-10-19/h15-16H,1-14H2/t15-,16-/m0/s1. The minimum atomic E-state index is 0.295. The average molecular weight is 306 g/mol. The van der Waals surface area contributed by atoms with Gasteiger partial charge in [-0.1, -0.05) is 0 Å². The number of hydrogen-bond donors (Lipinski definition) is 0. The number of carbonyl (C=O) groups excluding carboxylic acids is 1. The molecule has 0 N–H and O–H groups in total. The maximum Gasteiger partial charge on any atom is 0.141 e. The van der Waals surface area contributed by atoms with Crippen LogP contribution in [0.15, 0.2) is 0 Å². The molecule has 4 heterocycles. The van der Waals surface area contributed by atoms with Crippen LogP contribution in [0.2, 0.25) is 0 Å². The third-order valence-corrected chi connectivity index (χ3v) is 6.10. The molecule has 4 aliphatic rings.